The van der Waals surface area contributed by atoms with Gasteiger partial charge in [0.05, 0.1) is 19.3 Å². The number of aliphatic hydroxyl groups is 1. The fourth-order valence-corrected chi connectivity index (χ4v) is 7.13. The van der Waals surface area contributed by atoms with Crippen LogP contribution in [0.25, 0.3) is 0 Å². The van der Waals surface area contributed by atoms with Gasteiger partial charge < -0.3 is 33.5 Å². The molecular formula is C46H58O7. The van der Waals surface area contributed by atoms with Gasteiger partial charge in [-0.3, -0.25) is 0 Å². The first-order chi connectivity index (χ1) is 25.2. The highest BCUT2D eigenvalue weighted by Crippen LogP contribution is 2.37. The fourth-order valence-electron chi connectivity index (χ4n) is 7.13. The summed E-state index contributed by atoms with van der Waals surface area (Å²) in [5.74, 6) is 3.21. The lowest BCUT2D eigenvalue weighted by Crippen LogP contribution is -2.38. The molecule has 284 valence electrons. The molecule has 2 fully saturated rings. The maximum atomic E-state index is 10.9. The van der Waals surface area contributed by atoms with Crippen LogP contribution in [-0.4, -0.2) is 61.0 Å². The van der Waals surface area contributed by atoms with Gasteiger partial charge in [-0.25, -0.2) is 0 Å². The molecule has 4 aromatic carbocycles. The van der Waals surface area contributed by atoms with Crippen LogP contribution in [0.5, 0.6) is 23.0 Å². The number of hydrogen-bond donors (Lipinski definition) is 1. The third kappa shape index (κ3) is 9.94. The summed E-state index contributed by atoms with van der Waals surface area (Å²) in [7, 11) is 0. The number of benzene rings is 4. The third-order valence-electron chi connectivity index (χ3n) is 10.8. The minimum absolute atomic E-state index is 0.172. The quantitative estimate of drug-likeness (QED) is 0.0966. The van der Waals surface area contributed by atoms with Crippen molar-refractivity contribution in [2.24, 2.45) is 0 Å². The Labute approximate surface area is 316 Å². The molecule has 2 heterocycles. The largest absolute Gasteiger partial charge is 0.491 e. The lowest BCUT2D eigenvalue weighted by molar-refractivity contribution is 0.0175. The maximum absolute atomic E-state index is 10.9. The molecule has 2 aliphatic rings. The van der Waals surface area contributed by atoms with Crippen molar-refractivity contribution in [3.05, 3.63) is 119 Å². The molecule has 7 nitrogen and oxygen atoms in total. The van der Waals surface area contributed by atoms with Gasteiger partial charge in [-0.1, -0.05) is 89.6 Å². The van der Waals surface area contributed by atoms with E-state index in [4.69, 9.17) is 28.4 Å². The molecule has 0 aliphatic carbocycles. The van der Waals surface area contributed by atoms with E-state index in [-0.39, 0.29) is 35.2 Å². The standard InChI is InChI=1S/C46H58O7/c1-9-26-46(8,42-31-51-42)53-40-24-16-35(17-25-40)45(6,7)32-10-18-37(19-11-32)48-28-36(47)27-43(2,3)52-39-22-14-34(15-23-39)44(4,5)33-12-20-38(21-13-33)49-29-41-30-50-41/h10-25,36,41-42,47H,9,26-31H2,1-8H3. The molecule has 4 atom stereocenters. The van der Waals surface area contributed by atoms with Gasteiger partial charge in [0.15, 0.2) is 0 Å². The van der Waals surface area contributed by atoms with Gasteiger partial charge >= 0.3 is 0 Å². The van der Waals surface area contributed by atoms with E-state index in [0.29, 0.717) is 13.0 Å². The zero-order chi connectivity index (χ0) is 37.9. The van der Waals surface area contributed by atoms with E-state index in [2.05, 4.69) is 102 Å². The van der Waals surface area contributed by atoms with Crippen LogP contribution in [0.3, 0.4) is 0 Å². The summed E-state index contributed by atoms with van der Waals surface area (Å²) in [6.07, 6.45) is 2.13. The summed E-state index contributed by atoms with van der Waals surface area (Å²) in [6, 6.07) is 33.1. The summed E-state index contributed by atoms with van der Waals surface area (Å²) >= 11 is 0. The zero-order valence-electron chi connectivity index (χ0n) is 32.8. The summed E-state index contributed by atoms with van der Waals surface area (Å²) in [5, 5.41) is 10.9. The van der Waals surface area contributed by atoms with Crippen LogP contribution in [0.4, 0.5) is 0 Å². The molecular weight excluding hydrogens is 664 g/mol. The molecule has 4 unspecified atom stereocenters. The van der Waals surface area contributed by atoms with Gasteiger partial charge in [0.2, 0.25) is 0 Å². The summed E-state index contributed by atoms with van der Waals surface area (Å²) in [6.45, 7) is 19.5. The monoisotopic (exact) mass is 722 g/mol. The van der Waals surface area contributed by atoms with Crippen LogP contribution in [0.2, 0.25) is 0 Å². The predicted molar refractivity (Wildman–Crippen MR) is 210 cm³/mol. The molecule has 6 rings (SSSR count). The number of epoxide rings is 2. The topological polar surface area (TPSA) is 82.2 Å². The fraction of sp³-hybridized carbons (Fsp3) is 0.478. The number of rotatable bonds is 19. The van der Waals surface area contributed by atoms with E-state index in [1.165, 1.54) is 22.3 Å². The lowest BCUT2D eigenvalue weighted by Gasteiger charge is -2.30. The molecule has 2 aliphatic heterocycles. The molecule has 0 saturated carbocycles. The van der Waals surface area contributed by atoms with E-state index in [0.717, 1.165) is 49.1 Å². The molecule has 53 heavy (non-hydrogen) atoms. The van der Waals surface area contributed by atoms with Gasteiger partial charge in [-0.2, -0.15) is 0 Å². The highest BCUT2D eigenvalue weighted by molar-refractivity contribution is 5.43. The Bertz CT molecular complexity index is 1750. The molecule has 0 spiro atoms. The van der Waals surface area contributed by atoms with Gasteiger partial charge in [0, 0.05) is 17.3 Å². The first-order valence-electron chi connectivity index (χ1n) is 19.1. The third-order valence-corrected chi connectivity index (χ3v) is 10.8. The Hall–Kier alpha value is -4.04. The SMILES string of the molecule is CCCC(C)(Oc1ccc(C(C)(C)c2ccc(OCC(O)CC(C)(C)Oc3ccc(C(C)(C)c4ccc(OCC5CO5)cc4)cc3)cc2)cc1)C1CO1. The van der Waals surface area contributed by atoms with E-state index in [1.807, 2.05) is 50.2 Å². The normalized spacial score (nSPS) is 18.8. The first kappa shape index (κ1) is 38.7. The van der Waals surface area contributed by atoms with Crippen LogP contribution in [-0.2, 0) is 20.3 Å². The average molecular weight is 723 g/mol. The van der Waals surface area contributed by atoms with Crippen LogP contribution in [0, 0.1) is 0 Å². The smallest absolute Gasteiger partial charge is 0.134 e. The maximum Gasteiger partial charge on any atom is 0.134 e. The Morgan fingerprint density at radius 2 is 1.02 bits per heavy atom. The van der Waals surface area contributed by atoms with E-state index < -0.39 is 11.7 Å². The summed E-state index contributed by atoms with van der Waals surface area (Å²) < 4.78 is 35.5. The second-order valence-electron chi connectivity index (χ2n) is 16.6. The van der Waals surface area contributed by atoms with Gasteiger partial charge in [-0.05, 0) is 98.0 Å². The van der Waals surface area contributed by atoms with Gasteiger partial charge in [0.25, 0.3) is 0 Å². The van der Waals surface area contributed by atoms with Crippen molar-refractivity contribution in [2.45, 2.75) is 115 Å². The van der Waals surface area contributed by atoms with Crippen LogP contribution < -0.4 is 18.9 Å². The molecule has 7 heteroatoms. The molecule has 1 N–H and O–H groups in total. The minimum atomic E-state index is -0.700. The van der Waals surface area contributed by atoms with Crippen LogP contribution in [0.15, 0.2) is 97.1 Å². The Morgan fingerprint density at radius 3 is 1.43 bits per heavy atom. The van der Waals surface area contributed by atoms with Crippen molar-refractivity contribution >= 4 is 0 Å². The van der Waals surface area contributed by atoms with Crippen molar-refractivity contribution in [3.8, 4) is 23.0 Å². The highest BCUT2D eigenvalue weighted by Gasteiger charge is 2.45. The van der Waals surface area contributed by atoms with Crippen LogP contribution in [0.1, 0.15) is 96.9 Å². The van der Waals surface area contributed by atoms with E-state index in [9.17, 15) is 5.11 Å². The Balaban J connectivity index is 0.975. The molecule has 0 amide bonds. The average Bonchev–Trinajstić information content (AvgIpc) is 4.05. The minimum Gasteiger partial charge on any atom is -0.491 e. The first-order valence-corrected chi connectivity index (χ1v) is 19.1. The molecule has 2 saturated heterocycles. The van der Waals surface area contributed by atoms with Crippen molar-refractivity contribution in [1.29, 1.82) is 0 Å². The van der Waals surface area contributed by atoms with Crippen molar-refractivity contribution in [2.75, 3.05) is 26.4 Å². The van der Waals surface area contributed by atoms with Crippen molar-refractivity contribution in [1.82, 2.24) is 0 Å². The van der Waals surface area contributed by atoms with Gasteiger partial charge in [-0.15, -0.1) is 0 Å². The zero-order valence-corrected chi connectivity index (χ0v) is 32.8. The molecule has 0 bridgehead atoms. The van der Waals surface area contributed by atoms with E-state index in [1.54, 1.807) is 0 Å². The second kappa shape index (κ2) is 15.7. The molecule has 0 radical (unpaired) electrons. The van der Waals surface area contributed by atoms with Crippen LogP contribution >= 0.6 is 0 Å². The predicted octanol–water partition coefficient (Wildman–Crippen LogP) is 9.44. The lowest BCUT2D eigenvalue weighted by atomic mass is 9.78. The molecule has 0 aromatic heterocycles. The van der Waals surface area contributed by atoms with Crippen molar-refractivity contribution < 1.29 is 33.5 Å². The molecule has 4 aromatic rings. The Morgan fingerprint density at radius 1 is 0.604 bits per heavy atom. The van der Waals surface area contributed by atoms with Crippen molar-refractivity contribution in [3.63, 3.8) is 0 Å². The van der Waals surface area contributed by atoms with E-state index >= 15 is 0 Å². The second-order valence-corrected chi connectivity index (χ2v) is 16.6. The number of ether oxygens (including phenoxy) is 6. The van der Waals surface area contributed by atoms with Gasteiger partial charge in [0.1, 0.15) is 59.6 Å². The summed E-state index contributed by atoms with van der Waals surface area (Å²) in [4.78, 5) is 0. The number of hydrogen-bond acceptors (Lipinski definition) is 7. The summed E-state index contributed by atoms with van der Waals surface area (Å²) in [5.41, 5.74) is 3.45. The highest BCUT2D eigenvalue weighted by atomic mass is 16.6. The number of aliphatic hydroxyl groups excluding tert-OH is 1. The Kier molecular flexibility index (Phi) is 11.5.